The van der Waals surface area contributed by atoms with Gasteiger partial charge in [-0.2, -0.15) is 0 Å². The van der Waals surface area contributed by atoms with Crippen LogP contribution in [0, 0.1) is 6.92 Å². The van der Waals surface area contributed by atoms with E-state index >= 15 is 0 Å². The van der Waals surface area contributed by atoms with Gasteiger partial charge in [0, 0.05) is 12.6 Å². The zero-order chi connectivity index (χ0) is 13.9. The highest BCUT2D eigenvalue weighted by Gasteiger charge is 2.23. The van der Waals surface area contributed by atoms with E-state index in [1.54, 1.807) is 11.3 Å². The number of hydrogen-bond donors (Lipinski definition) is 0. The van der Waals surface area contributed by atoms with Crippen molar-refractivity contribution >= 4 is 11.3 Å². The molecule has 108 valence electrons. The maximum atomic E-state index is 5.84. The molecule has 1 aliphatic heterocycles. The number of hydrogen-bond acceptors (Lipinski definition) is 4. The number of piperidine rings is 1. The molecule has 1 saturated heterocycles. The van der Waals surface area contributed by atoms with Crippen LogP contribution >= 0.6 is 11.3 Å². The molecule has 0 aromatic carbocycles. The number of rotatable bonds is 4. The van der Waals surface area contributed by atoms with Crippen molar-refractivity contribution in [3.63, 3.8) is 0 Å². The standard InChI is InChI=1S/C16H22N2OS/c1-3-13-7-4-5-9-18(13)11-14-12(2)19-16(17-14)15-8-6-10-20-15/h6,8,10,13H,3-5,7,9,11H2,1-2H3. The minimum atomic E-state index is 0.713. The van der Waals surface area contributed by atoms with Crippen LogP contribution in [0.1, 0.15) is 44.1 Å². The summed E-state index contributed by atoms with van der Waals surface area (Å²) in [5.74, 6) is 1.74. The number of likely N-dealkylation sites (tertiary alicyclic amines) is 1. The molecule has 1 atom stereocenters. The van der Waals surface area contributed by atoms with E-state index in [4.69, 9.17) is 9.40 Å². The summed E-state index contributed by atoms with van der Waals surface area (Å²) in [6.45, 7) is 6.44. The molecular weight excluding hydrogens is 268 g/mol. The molecule has 4 heteroatoms. The van der Waals surface area contributed by atoms with E-state index in [0.717, 1.165) is 28.8 Å². The monoisotopic (exact) mass is 290 g/mol. The average molecular weight is 290 g/mol. The summed E-state index contributed by atoms with van der Waals surface area (Å²) in [6, 6.07) is 4.82. The molecule has 2 aromatic heterocycles. The second-order valence-electron chi connectivity index (χ2n) is 5.53. The summed E-state index contributed by atoms with van der Waals surface area (Å²) >= 11 is 1.68. The van der Waals surface area contributed by atoms with Crippen LogP contribution in [0.5, 0.6) is 0 Å². The zero-order valence-electron chi connectivity index (χ0n) is 12.3. The number of aromatic nitrogens is 1. The van der Waals surface area contributed by atoms with Gasteiger partial charge in [-0.05, 0) is 44.2 Å². The van der Waals surface area contributed by atoms with Crippen LogP contribution in [0.3, 0.4) is 0 Å². The Morgan fingerprint density at radius 3 is 3.10 bits per heavy atom. The third-order valence-corrected chi connectivity index (χ3v) is 5.06. The maximum Gasteiger partial charge on any atom is 0.236 e. The fraction of sp³-hybridized carbons (Fsp3) is 0.562. The Morgan fingerprint density at radius 2 is 2.35 bits per heavy atom. The van der Waals surface area contributed by atoms with Gasteiger partial charge in [0.2, 0.25) is 5.89 Å². The maximum absolute atomic E-state index is 5.84. The van der Waals surface area contributed by atoms with Crippen LogP contribution in [0.2, 0.25) is 0 Å². The molecule has 0 bridgehead atoms. The van der Waals surface area contributed by atoms with Crippen molar-refractivity contribution in [2.24, 2.45) is 0 Å². The van der Waals surface area contributed by atoms with E-state index < -0.39 is 0 Å². The first-order valence-corrected chi connectivity index (χ1v) is 8.40. The Hall–Kier alpha value is -1.13. The van der Waals surface area contributed by atoms with E-state index in [1.165, 1.54) is 32.2 Å². The van der Waals surface area contributed by atoms with Gasteiger partial charge >= 0.3 is 0 Å². The Balaban J connectivity index is 1.77. The van der Waals surface area contributed by atoms with Gasteiger partial charge in [-0.15, -0.1) is 11.3 Å². The first kappa shape index (κ1) is 13.8. The Kier molecular flexibility index (Phi) is 4.22. The molecule has 0 radical (unpaired) electrons. The molecule has 1 fully saturated rings. The second kappa shape index (κ2) is 6.10. The molecule has 1 aliphatic rings. The van der Waals surface area contributed by atoms with Crippen LogP contribution in [-0.2, 0) is 6.54 Å². The van der Waals surface area contributed by atoms with Gasteiger partial charge < -0.3 is 4.42 Å². The fourth-order valence-electron chi connectivity index (χ4n) is 3.00. The van der Waals surface area contributed by atoms with Gasteiger partial charge in [-0.1, -0.05) is 19.4 Å². The lowest BCUT2D eigenvalue weighted by Gasteiger charge is -2.34. The van der Waals surface area contributed by atoms with Crippen molar-refractivity contribution in [1.29, 1.82) is 0 Å². The summed E-state index contributed by atoms with van der Waals surface area (Å²) in [4.78, 5) is 8.41. The Morgan fingerprint density at radius 1 is 1.45 bits per heavy atom. The Labute approximate surface area is 124 Å². The molecule has 3 rings (SSSR count). The van der Waals surface area contributed by atoms with E-state index in [1.807, 2.05) is 13.0 Å². The highest BCUT2D eigenvalue weighted by atomic mass is 32.1. The third kappa shape index (κ3) is 2.81. The minimum absolute atomic E-state index is 0.713. The van der Waals surface area contributed by atoms with Gasteiger partial charge in [-0.25, -0.2) is 4.98 Å². The molecule has 0 spiro atoms. The van der Waals surface area contributed by atoms with Gasteiger partial charge in [0.05, 0.1) is 10.6 Å². The number of thiophene rings is 1. The second-order valence-corrected chi connectivity index (χ2v) is 6.48. The van der Waals surface area contributed by atoms with Crippen LogP contribution in [0.25, 0.3) is 10.8 Å². The number of aryl methyl sites for hydroxylation is 1. The fourth-order valence-corrected chi connectivity index (χ4v) is 3.65. The molecule has 0 N–H and O–H groups in total. The predicted octanol–water partition coefficient (Wildman–Crippen LogP) is 4.48. The lowest BCUT2D eigenvalue weighted by atomic mass is 10.00. The van der Waals surface area contributed by atoms with Crippen molar-refractivity contribution in [2.75, 3.05) is 6.54 Å². The quantitative estimate of drug-likeness (QED) is 0.831. The molecule has 20 heavy (non-hydrogen) atoms. The van der Waals surface area contributed by atoms with Crippen molar-refractivity contribution < 1.29 is 4.42 Å². The minimum Gasteiger partial charge on any atom is -0.440 e. The lowest BCUT2D eigenvalue weighted by molar-refractivity contribution is 0.134. The molecule has 0 aliphatic carbocycles. The highest BCUT2D eigenvalue weighted by molar-refractivity contribution is 7.13. The van der Waals surface area contributed by atoms with Crippen molar-refractivity contribution in [3.8, 4) is 10.8 Å². The highest BCUT2D eigenvalue weighted by Crippen LogP contribution is 2.28. The normalized spacial score (nSPS) is 20.4. The summed E-state index contributed by atoms with van der Waals surface area (Å²) in [6.07, 6.45) is 5.23. The topological polar surface area (TPSA) is 29.3 Å². The Bertz CT molecular complexity index is 547. The van der Waals surface area contributed by atoms with Gasteiger partial charge in [-0.3, -0.25) is 4.90 Å². The molecule has 0 saturated carbocycles. The SMILES string of the molecule is CCC1CCCCN1Cc1nc(-c2cccs2)oc1C. The molecule has 2 aromatic rings. The van der Waals surface area contributed by atoms with Gasteiger partial charge in [0.25, 0.3) is 0 Å². The van der Waals surface area contributed by atoms with E-state index in [9.17, 15) is 0 Å². The summed E-state index contributed by atoms with van der Waals surface area (Å²) in [7, 11) is 0. The van der Waals surface area contributed by atoms with Gasteiger partial charge in [0.1, 0.15) is 5.76 Å². The molecule has 1 unspecified atom stereocenters. The lowest BCUT2D eigenvalue weighted by Crippen LogP contribution is -2.38. The van der Waals surface area contributed by atoms with Crippen LogP contribution in [0.4, 0.5) is 0 Å². The number of oxazole rings is 1. The summed E-state index contributed by atoms with van der Waals surface area (Å²) < 4.78 is 5.84. The van der Waals surface area contributed by atoms with E-state index in [-0.39, 0.29) is 0 Å². The van der Waals surface area contributed by atoms with Crippen molar-refractivity contribution in [3.05, 3.63) is 29.0 Å². The molecule has 3 nitrogen and oxygen atoms in total. The first-order valence-electron chi connectivity index (χ1n) is 7.52. The molecular formula is C16H22N2OS. The van der Waals surface area contributed by atoms with E-state index in [0.29, 0.717) is 6.04 Å². The molecule has 0 amide bonds. The average Bonchev–Trinajstić information content (AvgIpc) is 3.10. The smallest absolute Gasteiger partial charge is 0.236 e. The van der Waals surface area contributed by atoms with Crippen molar-refractivity contribution in [2.45, 2.75) is 52.1 Å². The summed E-state index contributed by atoms with van der Waals surface area (Å²) in [5, 5.41) is 2.06. The van der Waals surface area contributed by atoms with Gasteiger partial charge in [0.15, 0.2) is 0 Å². The number of nitrogens with zero attached hydrogens (tertiary/aromatic N) is 2. The predicted molar refractivity (Wildman–Crippen MR) is 82.9 cm³/mol. The van der Waals surface area contributed by atoms with Crippen LogP contribution in [-0.4, -0.2) is 22.5 Å². The zero-order valence-corrected chi connectivity index (χ0v) is 13.1. The van der Waals surface area contributed by atoms with Crippen LogP contribution in [0.15, 0.2) is 21.9 Å². The summed E-state index contributed by atoms with van der Waals surface area (Å²) in [5.41, 5.74) is 1.11. The van der Waals surface area contributed by atoms with E-state index in [2.05, 4.69) is 23.3 Å². The third-order valence-electron chi connectivity index (χ3n) is 4.20. The van der Waals surface area contributed by atoms with Crippen LogP contribution < -0.4 is 0 Å². The van der Waals surface area contributed by atoms with Crippen molar-refractivity contribution in [1.82, 2.24) is 9.88 Å². The largest absolute Gasteiger partial charge is 0.440 e. The first-order chi connectivity index (χ1) is 9.78. The molecule has 3 heterocycles.